The van der Waals surface area contributed by atoms with Gasteiger partial charge in [-0.15, -0.1) is 0 Å². The number of carbonyl (C=O) groups is 3. The van der Waals surface area contributed by atoms with Crippen LogP contribution in [-0.4, -0.2) is 80.6 Å². The Morgan fingerprint density at radius 2 is 0.828 bits per heavy atom. The molecule has 374 valence electrons. The van der Waals surface area contributed by atoms with Crippen LogP contribution in [0.1, 0.15) is 251 Å². The van der Waals surface area contributed by atoms with Crippen molar-refractivity contribution in [2.75, 3.05) is 41.0 Å². The van der Waals surface area contributed by atoms with Crippen LogP contribution in [0.4, 0.5) is 0 Å². The van der Waals surface area contributed by atoms with Gasteiger partial charge in [0, 0.05) is 19.3 Å². The molecule has 0 fully saturated rings. The maximum absolute atomic E-state index is 12.8. The van der Waals surface area contributed by atoms with E-state index in [1.807, 2.05) is 21.1 Å². The van der Waals surface area contributed by atoms with Gasteiger partial charge in [0.05, 0.1) is 34.4 Å². The molecule has 2 unspecified atom stereocenters. The van der Waals surface area contributed by atoms with Crippen LogP contribution in [0.2, 0.25) is 0 Å². The Hall–Kier alpha value is -2.45. The number of aliphatic carboxylic acids is 1. The highest BCUT2D eigenvalue weighted by molar-refractivity contribution is 5.72. The SMILES string of the molecule is CCCCC/C=C/C=C/CCCCCCCCCCCCC(=O)OCC(COCCC(C(=O)O)[N+](C)(C)C)OC(=O)CCCCCCCCC/C=C/CCCCCCCCCCCC. The summed E-state index contributed by atoms with van der Waals surface area (Å²) in [5.41, 5.74) is 0. The second-order valence-corrected chi connectivity index (χ2v) is 19.5. The quantitative estimate of drug-likeness (QED) is 0.0213. The van der Waals surface area contributed by atoms with Crippen molar-refractivity contribution in [1.82, 2.24) is 0 Å². The topological polar surface area (TPSA) is 99.1 Å². The van der Waals surface area contributed by atoms with E-state index in [2.05, 4.69) is 50.3 Å². The van der Waals surface area contributed by atoms with E-state index >= 15 is 0 Å². The minimum Gasteiger partial charge on any atom is -0.477 e. The van der Waals surface area contributed by atoms with Crippen LogP contribution in [0.25, 0.3) is 0 Å². The third-order valence-corrected chi connectivity index (χ3v) is 12.3. The lowest BCUT2D eigenvalue weighted by molar-refractivity contribution is -0.887. The third-order valence-electron chi connectivity index (χ3n) is 12.3. The minimum atomic E-state index is -0.874. The largest absolute Gasteiger partial charge is 0.477 e. The lowest BCUT2D eigenvalue weighted by atomic mass is 10.1. The third kappa shape index (κ3) is 44.7. The average Bonchev–Trinajstić information content (AvgIpc) is 3.26. The van der Waals surface area contributed by atoms with E-state index < -0.39 is 18.1 Å². The van der Waals surface area contributed by atoms with Gasteiger partial charge in [0.25, 0.3) is 0 Å². The Morgan fingerprint density at radius 1 is 0.469 bits per heavy atom. The molecule has 0 saturated carbocycles. The van der Waals surface area contributed by atoms with Gasteiger partial charge in [0.15, 0.2) is 12.1 Å². The van der Waals surface area contributed by atoms with Gasteiger partial charge in [-0.3, -0.25) is 9.59 Å². The molecule has 1 N–H and O–H groups in total. The van der Waals surface area contributed by atoms with Crippen LogP contribution in [0.5, 0.6) is 0 Å². The Kier molecular flexibility index (Phi) is 45.3. The van der Waals surface area contributed by atoms with E-state index in [9.17, 15) is 19.5 Å². The van der Waals surface area contributed by atoms with Crippen molar-refractivity contribution in [3.63, 3.8) is 0 Å². The zero-order valence-corrected chi connectivity index (χ0v) is 42.7. The molecule has 0 bridgehead atoms. The maximum Gasteiger partial charge on any atom is 0.362 e. The molecule has 0 rings (SSSR count). The molecule has 0 saturated heterocycles. The summed E-state index contributed by atoms with van der Waals surface area (Å²) >= 11 is 0. The van der Waals surface area contributed by atoms with Crippen molar-refractivity contribution >= 4 is 17.9 Å². The first-order valence-electron chi connectivity index (χ1n) is 27.0. The Bertz CT molecular complexity index is 1140. The zero-order chi connectivity index (χ0) is 47.0. The number of ether oxygens (including phenoxy) is 3. The highest BCUT2D eigenvalue weighted by Gasteiger charge is 2.31. The first-order chi connectivity index (χ1) is 31.1. The molecule has 0 aliphatic carbocycles. The van der Waals surface area contributed by atoms with E-state index in [-0.39, 0.29) is 36.2 Å². The molecule has 0 aromatic heterocycles. The lowest BCUT2D eigenvalue weighted by Crippen LogP contribution is -2.50. The minimum absolute atomic E-state index is 0.0524. The molecule has 0 radical (unpaired) electrons. The molecule has 8 heteroatoms. The van der Waals surface area contributed by atoms with Crippen LogP contribution < -0.4 is 0 Å². The number of likely N-dealkylation sites (N-methyl/N-ethyl adjacent to an activating group) is 1. The maximum atomic E-state index is 12.8. The number of rotatable bonds is 49. The van der Waals surface area contributed by atoms with Crippen LogP contribution >= 0.6 is 0 Å². The number of unbranched alkanes of at least 4 members (excludes halogenated alkanes) is 30. The van der Waals surface area contributed by atoms with E-state index in [0.717, 1.165) is 38.5 Å². The second kappa shape index (κ2) is 47.1. The molecule has 0 heterocycles. The van der Waals surface area contributed by atoms with Crippen molar-refractivity contribution in [3.8, 4) is 0 Å². The first kappa shape index (κ1) is 61.5. The molecule has 0 aromatic rings. The number of hydrogen-bond acceptors (Lipinski definition) is 6. The predicted octanol–water partition coefficient (Wildman–Crippen LogP) is 15.8. The molecule has 0 aliphatic rings. The Labute approximate surface area is 395 Å². The van der Waals surface area contributed by atoms with Gasteiger partial charge in [0.2, 0.25) is 0 Å². The number of hydrogen-bond donors (Lipinski definition) is 1. The van der Waals surface area contributed by atoms with Crippen LogP contribution in [0.3, 0.4) is 0 Å². The van der Waals surface area contributed by atoms with Crippen LogP contribution in [0.15, 0.2) is 36.5 Å². The van der Waals surface area contributed by atoms with Crippen molar-refractivity contribution in [2.45, 2.75) is 264 Å². The summed E-state index contributed by atoms with van der Waals surface area (Å²) in [5.74, 6) is -1.46. The predicted molar refractivity (Wildman–Crippen MR) is 271 cm³/mol. The Morgan fingerprint density at radius 3 is 1.25 bits per heavy atom. The van der Waals surface area contributed by atoms with E-state index in [4.69, 9.17) is 14.2 Å². The molecule has 0 aromatic carbocycles. The molecule has 0 amide bonds. The summed E-state index contributed by atoms with van der Waals surface area (Å²) in [4.78, 5) is 37.2. The van der Waals surface area contributed by atoms with Crippen LogP contribution in [0, 0.1) is 0 Å². The van der Waals surface area contributed by atoms with Gasteiger partial charge >= 0.3 is 17.9 Å². The number of carboxylic acid groups (broad SMARTS) is 1. The number of esters is 2. The van der Waals surface area contributed by atoms with E-state index in [1.54, 1.807) is 0 Å². The fourth-order valence-electron chi connectivity index (χ4n) is 8.08. The summed E-state index contributed by atoms with van der Waals surface area (Å²) in [6.07, 6.45) is 56.2. The molecular weight excluding hydrogens is 799 g/mol. The first-order valence-corrected chi connectivity index (χ1v) is 27.0. The van der Waals surface area contributed by atoms with Gasteiger partial charge in [-0.1, -0.05) is 204 Å². The summed E-state index contributed by atoms with van der Waals surface area (Å²) in [6, 6.07) is -0.616. The van der Waals surface area contributed by atoms with E-state index in [0.29, 0.717) is 19.3 Å². The monoisotopic (exact) mass is 903 g/mol. The van der Waals surface area contributed by atoms with Gasteiger partial charge in [-0.2, -0.15) is 0 Å². The summed E-state index contributed by atoms with van der Waals surface area (Å²) in [6.45, 7) is 4.74. The second-order valence-electron chi connectivity index (χ2n) is 19.5. The van der Waals surface area contributed by atoms with Gasteiger partial charge in [-0.05, 0) is 64.2 Å². The molecule has 0 spiro atoms. The molecule has 0 aliphatic heterocycles. The standard InChI is InChI=1S/C56H103NO7/c1-6-8-10-12-14-16-18-20-22-24-26-27-29-31-33-35-37-39-41-43-45-47-55(59)64-52(50-62-49-48-53(56(60)61)57(3,4)5)51-63-54(58)46-44-42-40-38-36-34-32-30-28-25-23-21-19-17-15-13-11-9-7-2/h15,17,19,21,27,29,52-53H,6-14,16,18,20,22-26,28,30-51H2,1-5H3/p+1/b17-15+,21-19+,29-27+. The van der Waals surface area contributed by atoms with Crippen molar-refractivity contribution in [3.05, 3.63) is 36.5 Å². The number of allylic oxidation sites excluding steroid dienone is 6. The zero-order valence-electron chi connectivity index (χ0n) is 42.7. The van der Waals surface area contributed by atoms with Gasteiger partial charge in [-0.25, -0.2) is 4.79 Å². The van der Waals surface area contributed by atoms with Crippen molar-refractivity contribution < 1.29 is 38.2 Å². The normalized spacial score (nSPS) is 13.1. The number of quaternary nitrogens is 1. The molecular formula is C56H104NO7+. The van der Waals surface area contributed by atoms with Crippen molar-refractivity contribution in [1.29, 1.82) is 0 Å². The molecule has 64 heavy (non-hydrogen) atoms. The smallest absolute Gasteiger partial charge is 0.362 e. The summed E-state index contributed by atoms with van der Waals surface area (Å²) < 4.78 is 17.4. The summed E-state index contributed by atoms with van der Waals surface area (Å²) in [7, 11) is 5.54. The highest BCUT2D eigenvalue weighted by atomic mass is 16.6. The van der Waals surface area contributed by atoms with Crippen LogP contribution in [-0.2, 0) is 28.6 Å². The van der Waals surface area contributed by atoms with Gasteiger partial charge < -0.3 is 23.8 Å². The molecule has 2 atom stereocenters. The Balaban J connectivity index is 4.21. The fourth-order valence-corrected chi connectivity index (χ4v) is 8.08. The lowest BCUT2D eigenvalue weighted by Gasteiger charge is -2.31. The molecule has 8 nitrogen and oxygen atoms in total. The number of nitrogens with zero attached hydrogens (tertiary/aromatic N) is 1. The highest BCUT2D eigenvalue weighted by Crippen LogP contribution is 2.16. The van der Waals surface area contributed by atoms with Gasteiger partial charge in [0.1, 0.15) is 6.61 Å². The summed E-state index contributed by atoms with van der Waals surface area (Å²) in [5, 5.41) is 9.66. The fraction of sp³-hybridized carbons (Fsp3) is 0.839. The van der Waals surface area contributed by atoms with Crippen molar-refractivity contribution in [2.24, 2.45) is 0 Å². The van der Waals surface area contributed by atoms with E-state index in [1.165, 1.54) is 180 Å². The number of carbonyl (C=O) groups excluding carboxylic acids is 2. The average molecular weight is 903 g/mol. The number of carboxylic acids is 1.